The molecule has 0 aromatic carbocycles. The van der Waals surface area contributed by atoms with Crippen molar-refractivity contribution in [1.82, 2.24) is 19.1 Å². The summed E-state index contributed by atoms with van der Waals surface area (Å²) in [6, 6.07) is 1.50. The second-order valence-corrected chi connectivity index (χ2v) is 6.48. The Morgan fingerprint density at radius 2 is 2.04 bits per heavy atom. The van der Waals surface area contributed by atoms with Gasteiger partial charge in [0.1, 0.15) is 5.65 Å². The highest BCUT2D eigenvalue weighted by Gasteiger charge is 2.10. The molecule has 3 rings (SSSR count). The van der Waals surface area contributed by atoms with E-state index in [2.05, 4.69) is 15.3 Å². The van der Waals surface area contributed by atoms with Crippen LogP contribution in [-0.2, 0) is 18.9 Å². The lowest BCUT2D eigenvalue weighted by Gasteiger charge is -2.08. The van der Waals surface area contributed by atoms with E-state index >= 15 is 0 Å². The van der Waals surface area contributed by atoms with Crippen LogP contribution in [0.25, 0.3) is 17.1 Å². The monoisotopic (exact) mass is 357 g/mol. The van der Waals surface area contributed by atoms with Crippen molar-refractivity contribution in [2.75, 3.05) is 5.32 Å². The normalized spacial score (nSPS) is 11.3. The van der Waals surface area contributed by atoms with Crippen LogP contribution >= 0.6 is 11.3 Å². The van der Waals surface area contributed by atoms with Gasteiger partial charge in [0, 0.05) is 25.6 Å². The van der Waals surface area contributed by atoms with Gasteiger partial charge in [-0.05, 0) is 19.1 Å². The number of thiazole rings is 1. The largest absolute Gasteiger partial charge is 0.332 e. The van der Waals surface area contributed by atoms with Gasteiger partial charge in [-0.1, -0.05) is 0 Å². The molecule has 0 saturated carbocycles. The van der Waals surface area contributed by atoms with Crippen LogP contribution in [0.15, 0.2) is 33.3 Å². The molecule has 0 aliphatic carbocycles. The van der Waals surface area contributed by atoms with Crippen LogP contribution in [0.5, 0.6) is 0 Å². The Morgan fingerprint density at radius 1 is 1.28 bits per heavy atom. The molecule has 0 spiro atoms. The molecule has 0 fully saturated rings. The van der Waals surface area contributed by atoms with Crippen molar-refractivity contribution >= 4 is 40.0 Å². The topological polar surface area (TPSA) is 98.9 Å². The molecule has 25 heavy (non-hydrogen) atoms. The molecule has 0 saturated heterocycles. The average molecular weight is 357 g/mol. The number of hydrogen-bond acceptors (Lipinski definition) is 6. The number of pyridine rings is 1. The van der Waals surface area contributed by atoms with Gasteiger partial charge in [-0.25, -0.2) is 14.8 Å². The van der Waals surface area contributed by atoms with Crippen molar-refractivity contribution < 1.29 is 4.79 Å². The second-order valence-electron chi connectivity index (χ2n) is 5.41. The van der Waals surface area contributed by atoms with Crippen molar-refractivity contribution in [1.29, 1.82) is 0 Å². The number of hydrogen-bond donors (Lipinski definition) is 1. The van der Waals surface area contributed by atoms with Crippen LogP contribution in [0, 0.1) is 6.92 Å². The summed E-state index contributed by atoms with van der Waals surface area (Å²) in [6.45, 7) is 1.89. The minimum atomic E-state index is -0.463. The molecule has 0 unspecified atom stereocenters. The SMILES string of the molecule is Cc1nc(/C=C/C(=O)Nc2cnc3c(c2)c(=O)n(C)c(=O)n3C)cs1. The van der Waals surface area contributed by atoms with E-state index in [1.165, 1.54) is 48.3 Å². The van der Waals surface area contributed by atoms with Crippen LogP contribution in [-0.4, -0.2) is 25.0 Å². The zero-order valence-corrected chi connectivity index (χ0v) is 14.6. The van der Waals surface area contributed by atoms with E-state index < -0.39 is 11.2 Å². The highest BCUT2D eigenvalue weighted by Crippen LogP contribution is 2.13. The highest BCUT2D eigenvalue weighted by molar-refractivity contribution is 7.09. The lowest BCUT2D eigenvalue weighted by molar-refractivity contribution is -0.111. The minimum Gasteiger partial charge on any atom is -0.321 e. The first-order valence-corrected chi connectivity index (χ1v) is 8.22. The molecule has 0 aliphatic rings. The van der Waals surface area contributed by atoms with E-state index in [1.54, 1.807) is 6.08 Å². The van der Waals surface area contributed by atoms with Crippen LogP contribution in [0.3, 0.4) is 0 Å². The number of amides is 1. The predicted molar refractivity (Wildman–Crippen MR) is 96.7 cm³/mol. The van der Waals surface area contributed by atoms with Gasteiger partial charge in [0.2, 0.25) is 5.91 Å². The number of carbonyl (C=O) groups excluding carboxylic acids is 1. The van der Waals surface area contributed by atoms with Gasteiger partial charge in [-0.2, -0.15) is 0 Å². The summed E-state index contributed by atoms with van der Waals surface area (Å²) < 4.78 is 2.28. The van der Waals surface area contributed by atoms with E-state index in [0.717, 1.165) is 9.57 Å². The van der Waals surface area contributed by atoms with E-state index in [0.29, 0.717) is 11.4 Å². The Labute approximate surface area is 146 Å². The van der Waals surface area contributed by atoms with E-state index in [4.69, 9.17) is 0 Å². The smallest absolute Gasteiger partial charge is 0.321 e. The Morgan fingerprint density at radius 3 is 2.72 bits per heavy atom. The van der Waals surface area contributed by atoms with Crippen molar-refractivity contribution in [3.05, 3.63) is 55.3 Å². The molecule has 3 aromatic heterocycles. The Bertz CT molecular complexity index is 1120. The lowest BCUT2D eigenvalue weighted by Crippen LogP contribution is -2.37. The Kier molecular flexibility index (Phi) is 4.32. The number of carbonyl (C=O) groups is 1. The molecule has 128 valence electrons. The van der Waals surface area contributed by atoms with Crippen LogP contribution < -0.4 is 16.6 Å². The fourth-order valence-corrected chi connectivity index (χ4v) is 2.92. The molecule has 3 heterocycles. The molecule has 0 atom stereocenters. The second kappa shape index (κ2) is 6.44. The summed E-state index contributed by atoms with van der Waals surface area (Å²) in [5.74, 6) is -0.367. The minimum absolute atomic E-state index is 0.251. The van der Waals surface area contributed by atoms with Gasteiger partial charge < -0.3 is 5.32 Å². The van der Waals surface area contributed by atoms with Crippen molar-refractivity contribution in [3.63, 3.8) is 0 Å². The molecule has 1 N–H and O–H groups in total. The van der Waals surface area contributed by atoms with Gasteiger partial charge in [0.25, 0.3) is 5.56 Å². The Balaban J connectivity index is 1.89. The molecule has 0 aliphatic heterocycles. The van der Waals surface area contributed by atoms with E-state index in [-0.39, 0.29) is 16.9 Å². The summed E-state index contributed by atoms with van der Waals surface area (Å²) in [7, 11) is 2.93. The summed E-state index contributed by atoms with van der Waals surface area (Å²) in [6.07, 6.45) is 4.37. The van der Waals surface area contributed by atoms with Crippen molar-refractivity contribution in [2.24, 2.45) is 14.1 Å². The third kappa shape index (κ3) is 3.26. The van der Waals surface area contributed by atoms with Crippen LogP contribution in [0.4, 0.5) is 5.69 Å². The summed E-state index contributed by atoms with van der Waals surface area (Å²) in [5.41, 5.74) is 0.420. The van der Waals surface area contributed by atoms with E-state index in [9.17, 15) is 14.4 Å². The number of nitrogens with one attached hydrogen (secondary N) is 1. The number of fused-ring (bicyclic) bond motifs is 1. The van der Waals surface area contributed by atoms with Gasteiger partial charge in [-0.15, -0.1) is 11.3 Å². The summed E-state index contributed by atoms with van der Waals surface area (Å²) in [5, 5.41) is 5.66. The molecule has 0 bridgehead atoms. The number of rotatable bonds is 3. The molecule has 9 heteroatoms. The molecular weight excluding hydrogens is 342 g/mol. The molecule has 1 amide bonds. The van der Waals surface area contributed by atoms with Crippen LogP contribution in [0.2, 0.25) is 0 Å². The fourth-order valence-electron chi connectivity index (χ4n) is 2.34. The predicted octanol–water partition coefficient (Wildman–Crippen LogP) is 1.05. The standard InChI is InChI=1S/C16H15N5O3S/c1-9-18-10(8-25-9)4-5-13(22)19-11-6-12-14(17-7-11)20(2)16(24)21(3)15(12)23/h4-8H,1-3H3,(H,19,22)/b5-4+. The van der Waals surface area contributed by atoms with Gasteiger partial charge in [0.05, 0.1) is 28.0 Å². The highest BCUT2D eigenvalue weighted by atomic mass is 32.1. The number of nitrogens with zero attached hydrogens (tertiary/aromatic N) is 4. The van der Waals surface area contributed by atoms with Crippen LogP contribution in [0.1, 0.15) is 10.7 Å². The van der Waals surface area contributed by atoms with E-state index in [1.807, 2.05) is 12.3 Å². The number of anilines is 1. The maximum absolute atomic E-state index is 12.2. The third-order valence-corrected chi connectivity index (χ3v) is 4.39. The molecule has 3 aromatic rings. The third-order valence-electron chi connectivity index (χ3n) is 3.60. The molecule has 0 radical (unpaired) electrons. The lowest BCUT2D eigenvalue weighted by atomic mass is 10.3. The quantitative estimate of drug-likeness (QED) is 0.707. The first kappa shape index (κ1) is 16.8. The summed E-state index contributed by atoms with van der Waals surface area (Å²) in [4.78, 5) is 44.5. The zero-order chi connectivity index (χ0) is 18.1. The maximum atomic E-state index is 12.2. The summed E-state index contributed by atoms with van der Waals surface area (Å²) >= 11 is 1.50. The molecule has 8 nitrogen and oxygen atoms in total. The van der Waals surface area contributed by atoms with Crippen molar-refractivity contribution in [2.45, 2.75) is 6.92 Å². The number of aryl methyl sites for hydroxylation is 2. The first-order chi connectivity index (χ1) is 11.9. The van der Waals surface area contributed by atoms with Gasteiger partial charge >= 0.3 is 5.69 Å². The fraction of sp³-hybridized carbons (Fsp3) is 0.188. The maximum Gasteiger partial charge on any atom is 0.332 e. The first-order valence-electron chi connectivity index (χ1n) is 7.34. The van der Waals surface area contributed by atoms with Gasteiger partial charge in [0.15, 0.2) is 0 Å². The zero-order valence-electron chi connectivity index (χ0n) is 13.8. The number of aromatic nitrogens is 4. The molecular formula is C16H15N5O3S. The van der Waals surface area contributed by atoms with Gasteiger partial charge in [-0.3, -0.25) is 18.7 Å². The Hall–Kier alpha value is -3.07. The average Bonchev–Trinajstić information content (AvgIpc) is 3.01. The van der Waals surface area contributed by atoms with Crippen molar-refractivity contribution in [3.8, 4) is 0 Å².